The highest BCUT2D eigenvalue weighted by Crippen LogP contribution is 2.29. The van der Waals surface area contributed by atoms with E-state index in [1.54, 1.807) is 31.2 Å². The molecule has 8 heteroatoms. The second-order valence-corrected chi connectivity index (χ2v) is 4.38. The quantitative estimate of drug-likeness (QED) is 0.418. The second-order valence-electron chi connectivity index (χ2n) is 4.38. The standard InChI is InChI=1S/C16H19N3O5/c1-4-24-15(20)10-18-9-11(8-17)16(21)19-12-5-6-13(22-2)14(7-12)23-3/h5-7,9,18H,4,10H2,1-3H3,(H,19,21)/b11-9-. The minimum atomic E-state index is -0.624. The predicted octanol–water partition coefficient (Wildman–Crippen LogP) is 1.20. The van der Waals surface area contributed by atoms with Gasteiger partial charge in [-0.2, -0.15) is 5.26 Å². The molecule has 0 aromatic heterocycles. The first-order valence-electron chi connectivity index (χ1n) is 7.08. The Labute approximate surface area is 140 Å². The molecule has 0 saturated carbocycles. The van der Waals surface area contributed by atoms with Crippen molar-refractivity contribution in [1.29, 1.82) is 5.26 Å². The molecular formula is C16H19N3O5. The Morgan fingerprint density at radius 2 is 1.96 bits per heavy atom. The summed E-state index contributed by atoms with van der Waals surface area (Å²) in [4.78, 5) is 23.3. The molecule has 1 amide bonds. The van der Waals surface area contributed by atoms with Gasteiger partial charge in [0, 0.05) is 18.0 Å². The number of carbonyl (C=O) groups excluding carboxylic acids is 2. The van der Waals surface area contributed by atoms with Gasteiger partial charge in [-0.1, -0.05) is 0 Å². The monoisotopic (exact) mass is 333 g/mol. The molecule has 0 aliphatic heterocycles. The van der Waals surface area contributed by atoms with Gasteiger partial charge >= 0.3 is 5.97 Å². The van der Waals surface area contributed by atoms with Crippen molar-refractivity contribution in [2.45, 2.75) is 6.92 Å². The van der Waals surface area contributed by atoms with Gasteiger partial charge in [0.15, 0.2) is 11.5 Å². The van der Waals surface area contributed by atoms with Crippen LogP contribution < -0.4 is 20.1 Å². The number of hydrogen-bond acceptors (Lipinski definition) is 7. The molecule has 8 nitrogen and oxygen atoms in total. The van der Waals surface area contributed by atoms with E-state index >= 15 is 0 Å². The zero-order valence-corrected chi connectivity index (χ0v) is 13.7. The van der Waals surface area contributed by atoms with E-state index in [-0.39, 0.29) is 18.7 Å². The summed E-state index contributed by atoms with van der Waals surface area (Å²) in [5, 5.41) is 14.2. The van der Waals surface area contributed by atoms with Crippen LogP contribution in [0.2, 0.25) is 0 Å². The molecule has 2 N–H and O–H groups in total. The van der Waals surface area contributed by atoms with Crippen molar-refractivity contribution in [2.24, 2.45) is 0 Å². The third-order valence-corrected chi connectivity index (χ3v) is 2.80. The number of benzene rings is 1. The van der Waals surface area contributed by atoms with E-state index < -0.39 is 11.9 Å². The fraction of sp³-hybridized carbons (Fsp3) is 0.312. The van der Waals surface area contributed by atoms with Crippen molar-refractivity contribution in [3.8, 4) is 17.6 Å². The summed E-state index contributed by atoms with van der Waals surface area (Å²) in [5.74, 6) is -0.145. The molecule has 0 saturated heterocycles. The van der Waals surface area contributed by atoms with E-state index in [0.717, 1.165) is 6.20 Å². The largest absolute Gasteiger partial charge is 0.493 e. The van der Waals surface area contributed by atoms with E-state index in [9.17, 15) is 9.59 Å². The number of amides is 1. The molecule has 24 heavy (non-hydrogen) atoms. The molecule has 1 rings (SSSR count). The molecule has 0 spiro atoms. The molecule has 0 fully saturated rings. The first kappa shape index (κ1) is 18.8. The summed E-state index contributed by atoms with van der Waals surface area (Å²) < 4.78 is 15.0. The van der Waals surface area contributed by atoms with Gasteiger partial charge in [0.25, 0.3) is 5.91 Å². The Bertz CT molecular complexity index is 664. The van der Waals surface area contributed by atoms with Gasteiger partial charge in [-0.25, -0.2) is 0 Å². The van der Waals surface area contributed by atoms with Gasteiger partial charge in [0.1, 0.15) is 18.2 Å². The SMILES string of the molecule is CCOC(=O)CN/C=C(/C#N)C(=O)Nc1ccc(OC)c(OC)c1. The fourth-order valence-corrected chi connectivity index (χ4v) is 1.71. The van der Waals surface area contributed by atoms with E-state index in [4.69, 9.17) is 19.5 Å². The molecule has 0 bridgehead atoms. The molecule has 0 aliphatic carbocycles. The first-order chi connectivity index (χ1) is 11.5. The molecule has 1 aromatic rings. The number of esters is 1. The number of nitrogens with zero attached hydrogens (tertiary/aromatic N) is 1. The van der Waals surface area contributed by atoms with Crippen LogP contribution in [0, 0.1) is 11.3 Å². The van der Waals surface area contributed by atoms with Crippen LogP contribution >= 0.6 is 0 Å². The molecule has 0 aliphatic rings. The topological polar surface area (TPSA) is 110 Å². The van der Waals surface area contributed by atoms with Gasteiger partial charge in [-0.15, -0.1) is 0 Å². The van der Waals surface area contributed by atoms with Crippen LogP contribution in [0.1, 0.15) is 6.92 Å². The Balaban J connectivity index is 2.74. The van der Waals surface area contributed by atoms with Crippen LogP contribution in [0.3, 0.4) is 0 Å². The minimum absolute atomic E-state index is 0.136. The van der Waals surface area contributed by atoms with Gasteiger partial charge < -0.3 is 24.8 Å². The average Bonchev–Trinajstić information content (AvgIpc) is 2.58. The van der Waals surface area contributed by atoms with Gasteiger partial charge in [-0.05, 0) is 19.1 Å². The van der Waals surface area contributed by atoms with Gasteiger partial charge in [0.2, 0.25) is 0 Å². The van der Waals surface area contributed by atoms with E-state index in [1.807, 2.05) is 0 Å². The fourth-order valence-electron chi connectivity index (χ4n) is 1.71. The van der Waals surface area contributed by atoms with E-state index in [0.29, 0.717) is 17.2 Å². The van der Waals surface area contributed by atoms with Crippen LogP contribution in [-0.4, -0.2) is 39.2 Å². The highest BCUT2D eigenvalue weighted by atomic mass is 16.5. The lowest BCUT2D eigenvalue weighted by molar-refractivity contribution is -0.141. The Morgan fingerprint density at radius 1 is 1.25 bits per heavy atom. The highest BCUT2D eigenvalue weighted by molar-refractivity contribution is 6.06. The highest BCUT2D eigenvalue weighted by Gasteiger charge is 2.12. The van der Waals surface area contributed by atoms with Crippen molar-refractivity contribution in [2.75, 3.05) is 32.7 Å². The molecule has 128 valence electrons. The third kappa shape index (κ3) is 5.53. The average molecular weight is 333 g/mol. The Morgan fingerprint density at radius 3 is 2.54 bits per heavy atom. The lowest BCUT2D eigenvalue weighted by Gasteiger charge is -2.10. The van der Waals surface area contributed by atoms with Crippen molar-refractivity contribution in [3.63, 3.8) is 0 Å². The second kappa shape index (κ2) is 9.74. The van der Waals surface area contributed by atoms with E-state index in [1.165, 1.54) is 14.2 Å². The van der Waals surface area contributed by atoms with Crippen molar-refractivity contribution >= 4 is 17.6 Å². The normalized spacial score (nSPS) is 10.3. The number of ether oxygens (including phenoxy) is 3. The number of methoxy groups -OCH3 is 2. The first-order valence-corrected chi connectivity index (χ1v) is 7.08. The molecule has 0 heterocycles. The minimum Gasteiger partial charge on any atom is -0.493 e. The maximum Gasteiger partial charge on any atom is 0.325 e. The number of carbonyl (C=O) groups is 2. The third-order valence-electron chi connectivity index (χ3n) is 2.80. The number of nitrogens with one attached hydrogen (secondary N) is 2. The van der Waals surface area contributed by atoms with Crippen LogP contribution in [-0.2, 0) is 14.3 Å². The Kier molecular flexibility index (Phi) is 7.64. The maximum absolute atomic E-state index is 12.1. The summed E-state index contributed by atoms with van der Waals surface area (Å²) in [6.45, 7) is 1.81. The summed E-state index contributed by atoms with van der Waals surface area (Å²) in [5.41, 5.74) is 0.248. The number of nitriles is 1. The van der Waals surface area contributed by atoms with Crippen molar-refractivity contribution in [3.05, 3.63) is 30.0 Å². The number of rotatable bonds is 8. The van der Waals surface area contributed by atoms with Crippen molar-refractivity contribution < 1.29 is 23.8 Å². The molecule has 0 radical (unpaired) electrons. The van der Waals surface area contributed by atoms with E-state index in [2.05, 4.69) is 10.6 Å². The number of hydrogen-bond donors (Lipinski definition) is 2. The molecule has 0 unspecified atom stereocenters. The summed E-state index contributed by atoms with van der Waals surface area (Å²) in [7, 11) is 2.98. The van der Waals surface area contributed by atoms with Gasteiger partial charge in [0.05, 0.1) is 20.8 Å². The summed E-state index contributed by atoms with van der Waals surface area (Å²) >= 11 is 0. The van der Waals surface area contributed by atoms with Crippen LogP contribution in [0.5, 0.6) is 11.5 Å². The maximum atomic E-state index is 12.1. The smallest absolute Gasteiger partial charge is 0.325 e. The zero-order valence-electron chi connectivity index (χ0n) is 13.7. The molecular weight excluding hydrogens is 314 g/mol. The Hall–Kier alpha value is -3.21. The summed E-state index contributed by atoms with van der Waals surface area (Å²) in [6.07, 6.45) is 1.16. The van der Waals surface area contributed by atoms with Crippen molar-refractivity contribution in [1.82, 2.24) is 5.32 Å². The van der Waals surface area contributed by atoms with Gasteiger partial charge in [-0.3, -0.25) is 9.59 Å². The predicted molar refractivity (Wildman–Crippen MR) is 86.5 cm³/mol. The van der Waals surface area contributed by atoms with Crippen LogP contribution in [0.4, 0.5) is 5.69 Å². The van der Waals surface area contributed by atoms with Crippen LogP contribution in [0.15, 0.2) is 30.0 Å². The number of anilines is 1. The zero-order chi connectivity index (χ0) is 17.9. The molecule has 1 aromatic carbocycles. The lowest BCUT2D eigenvalue weighted by Crippen LogP contribution is -2.22. The summed E-state index contributed by atoms with van der Waals surface area (Å²) in [6, 6.07) is 6.56. The lowest BCUT2D eigenvalue weighted by atomic mass is 10.2. The molecule has 0 atom stereocenters. The van der Waals surface area contributed by atoms with Crippen LogP contribution in [0.25, 0.3) is 0 Å².